The summed E-state index contributed by atoms with van der Waals surface area (Å²) in [6.45, 7) is 3.91. The molecule has 1 heterocycles. The largest absolute Gasteiger partial charge is 0.466 e. The van der Waals surface area contributed by atoms with Crippen LogP contribution >= 0.6 is 0 Å². The van der Waals surface area contributed by atoms with Gasteiger partial charge in [0.2, 0.25) is 5.82 Å². The minimum absolute atomic E-state index is 0.0760. The van der Waals surface area contributed by atoms with E-state index in [4.69, 9.17) is 19.9 Å². The number of hydrogen-bond donors (Lipinski definition) is 2. The lowest BCUT2D eigenvalue weighted by molar-refractivity contribution is -0.139. The first kappa shape index (κ1) is 28.2. The summed E-state index contributed by atoms with van der Waals surface area (Å²) >= 11 is 0. The number of ether oxygens (including phenoxy) is 4. The summed E-state index contributed by atoms with van der Waals surface area (Å²) in [5.41, 5.74) is 2.55. The number of dihydropyridines is 1. The molecule has 0 saturated heterocycles. The number of halogens is 5. The highest BCUT2D eigenvalue weighted by atomic mass is 19.2. The maximum Gasteiger partial charge on any atom is 0.336 e. The summed E-state index contributed by atoms with van der Waals surface area (Å²) in [6.07, 6.45) is -0.852. The van der Waals surface area contributed by atoms with Gasteiger partial charge in [-0.05, 0) is 20.8 Å². The number of carbonyl (C=O) groups is 2. The summed E-state index contributed by atoms with van der Waals surface area (Å²) in [6, 6.07) is 0. The minimum atomic E-state index is -2.39. The number of esters is 2. The van der Waals surface area contributed by atoms with Gasteiger partial charge in [-0.3, -0.25) is 0 Å². The van der Waals surface area contributed by atoms with Gasteiger partial charge in [0.05, 0.1) is 49.7 Å². The fourth-order valence-electron chi connectivity index (χ4n) is 3.49. The summed E-state index contributed by atoms with van der Waals surface area (Å²) in [5.74, 6) is -15.8. The second-order valence-electron chi connectivity index (χ2n) is 7.22. The van der Waals surface area contributed by atoms with E-state index >= 15 is 0 Å². The molecule has 2 unspecified atom stereocenters. The Hall–Kier alpha value is -3.03. The van der Waals surface area contributed by atoms with Gasteiger partial charge in [-0.15, -0.1) is 0 Å². The number of hydrogen-bond acceptors (Lipinski definition) is 8. The number of allylic oxidation sites excluding steroid dienone is 1. The first-order valence-electron chi connectivity index (χ1n) is 10.4. The molecule has 0 bridgehead atoms. The Labute approximate surface area is 197 Å². The maximum absolute atomic E-state index is 14.9. The monoisotopic (exact) mass is 508 g/mol. The first-order chi connectivity index (χ1) is 16.5. The van der Waals surface area contributed by atoms with E-state index in [0.29, 0.717) is 0 Å². The third-order valence-corrected chi connectivity index (χ3v) is 5.01. The van der Waals surface area contributed by atoms with Crippen LogP contribution in [-0.4, -0.2) is 51.7 Å². The molecule has 0 aromatic heterocycles. The quantitative estimate of drug-likeness (QED) is 0.163. The number of benzene rings is 1. The van der Waals surface area contributed by atoms with Crippen molar-refractivity contribution in [1.29, 1.82) is 0 Å². The van der Waals surface area contributed by atoms with Crippen LogP contribution in [0.15, 0.2) is 22.5 Å². The number of nitrogens with two attached hydrogens (primary N) is 1. The molecule has 13 heteroatoms. The molecule has 0 aliphatic carbocycles. The Morgan fingerprint density at radius 3 is 2.06 bits per heavy atom. The lowest BCUT2D eigenvalue weighted by Gasteiger charge is -2.32. The molecule has 1 aliphatic heterocycles. The van der Waals surface area contributed by atoms with Crippen LogP contribution in [0.4, 0.5) is 22.0 Å². The molecule has 0 saturated carbocycles. The van der Waals surface area contributed by atoms with Crippen molar-refractivity contribution in [2.45, 2.75) is 33.0 Å². The smallest absolute Gasteiger partial charge is 0.336 e. The van der Waals surface area contributed by atoms with Gasteiger partial charge >= 0.3 is 11.9 Å². The van der Waals surface area contributed by atoms with E-state index in [0.717, 1.165) is 7.11 Å². The fourth-order valence-corrected chi connectivity index (χ4v) is 3.49. The number of nitrogens with one attached hydrogen (secondary N) is 1. The number of methoxy groups -OCH3 is 1. The van der Waals surface area contributed by atoms with E-state index in [1.54, 1.807) is 0 Å². The molecule has 1 aromatic rings. The Morgan fingerprint density at radius 1 is 0.971 bits per heavy atom. The lowest BCUT2D eigenvalue weighted by Crippen LogP contribution is -2.36. The molecule has 2 rings (SSSR count). The van der Waals surface area contributed by atoms with Gasteiger partial charge in [-0.2, -0.15) is 0 Å². The Bertz CT molecular complexity index is 1030. The molecule has 0 amide bonds. The average molecular weight is 508 g/mol. The zero-order chi connectivity index (χ0) is 26.4. The molecular weight excluding hydrogens is 483 g/mol. The van der Waals surface area contributed by atoms with Crippen LogP contribution < -0.4 is 11.1 Å². The highest BCUT2D eigenvalue weighted by Crippen LogP contribution is 2.43. The molecule has 1 aromatic carbocycles. The molecule has 0 fully saturated rings. The second kappa shape index (κ2) is 12.1. The SMILES string of the molecule is CCOC(=O)C1=C(COC(C)OCCN)NC(C)=C(C(=O)OC)C1c1c(F)c(F)c(F)c(F)c1F. The van der Waals surface area contributed by atoms with Crippen LogP contribution in [0.5, 0.6) is 0 Å². The molecule has 35 heavy (non-hydrogen) atoms. The first-order valence-corrected chi connectivity index (χ1v) is 10.4. The van der Waals surface area contributed by atoms with Gasteiger partial charge in [0.15, 0.2) is 29.6 Å². The highest BCUT2D eigenvalue weighted by Gasteiger charge is 2.43. The van der Waals surface area contributed by atoms with E-state index < -0.39 is 76.5 Å². The van der Waals surface area contributed by atoms with Crippen molar-refractivity contribution in [3.05, 3.63) is 57.2 Å². The number of rotatable bonds is 10. The van der Waals surface area contributed by atoms with Crippen molar-refractivity contribution < 1.29 is 50.5 Å². The molecule has 0 spiro atoms. The molecule has 194 valence electrons. The Morgan fingerprint density at radius 2 is 1.54 bits per heavy atom. The van der Waals surface area contributed by atoms with Crippen molar-refractivity contribution in [2.75, 3.05) is 33.5 Å². The van der Waals surface area contributed by atoms with Crippen LogP contribution in [0, 0.1) is 29.1 Å². The predicted octanol–water partition coefficient (Wildman–Crippen LogP) is 2.67. The third kappa shape index (κ3) is 5.80. The molecule has 8 nitrogen and oxygen atoms in total. The van der Waals surface area contributed by atoms with Crippen LogP contribution in [0.2, 0.25) is 0 Å². The second-order valence-corrected chi connectivity index (χ2v) is 7.22. The van der Waals surface area contributed by atoms with Crippen molar-refractivity contribution in [1.82, 2.24) is 5.32 Å². The van der Waals surface area contributed by atoms with Gasteiger partial charge < -0.3 is 30.0 Å². The Balaban J connectivity index is 2.81. The van der Waals surface area contributed by atoms with Gasteiger partial charge in [0, 0.05) is 17.8 Å². The number of carbonyl (C=O) groups excluding carboxylic acids is 2. The van der Waals surface area contributed by atoms with Crippen LogP contribution in [0.25, 0.3) is 0 Å². The summed E-state index contributed by atoms with van der Waals surface area (Å²) in [7, 11) is 0.945. The normalized spacial score (nSPS) is 16.8. The van der Waals surface area contributed by atoms with Crippen LogP contribution in [0.3, 0.4) is 0 Å². The summed E-state index contributed by atoms with van der Waals surface area (Å²) < 4.78 is 92.2. The lowest BCUT2D eigenvalue weighted by atomic mass is 9.79. The van der Waals surface area contributed by atoms with E-state index in [1.807, 2.05) is 0 Å². The van der Waals surface area contributed by atoms with Crippen LogP contribution in [-0.2, 0) is 28.5 Å². The maximum atomic E-state index is 14.9. The van der Waals surface area contributed by atoms with Gasteiger partial charge in [0.25, 0.3) is 0 Å². The molecule has 1 aliphatic rings. The summed E-state index contributed by atoms with van der Waals surface area (Å²) in [4.78, 5) is 25.5. The van der Waals surface area contributed by atoms with E-state index in [1.165, 1.54) is 20.8 Å². The molecule has 2 atom stereocenters. The minimum Gasteiger partial charge on any atom is -0.466 e. The van der Waals surface area contributed by atoms with Gasteiger partial charge in [0.1, 0.15) is 0 Å². The zero-order valence-corrected chi connectivity index (χ0v) is 19.4. The van der Waals surface area contributed by atoms with E-state index in [-0.39, 0.29) is 31.2 Å². The van der Waals surface area contributed by atoms with Crippen molar-refractivity contribution in [3.8, 4) is 0 Å². The Kier molecular flexibility index (Phi) is 9.74. The van der Waals surface area contributed by atoms with Crippen molar-refractivity contribution in [2.24, 2.45) is 5.73 Å². The van der Waals surface area contributed by atoms with Gasteiger partial charge in [-0.1, -0.05) is 0 Å². The molecule has 0 radical (unpaired) electrons. The van der Waals surface area contributed by atoms with Crippen molar-refractivity contribution >= 4 is 11.9 Å². The van der Waals surface area contributed by atoms with E-state index in [2.05, 4.69) is 10.1 Å². The fraction of sp³-hybridized carbons (Fsp3) is 0.455. The van der Waals surface area contributed by atoms with Gasteiger partial charge in [-0.25, -0.2) is 31.5 Å². The summed E-state index contributed by atoms with van der Waals surface area (Å²) in [5, 5.41) is 2.71. The van der Waals surface area contributed by atoms with E-state index in [9.17, 15) is 31.5 Å². The van der Waals surface area contributed by atoms with Crippen molar-refractivity contribution in [3.63, 3.8) is 0 Å². The molecular formula is C22H25F5N2O6. The highest BCUT2D eigenvalue weighted by molar-refractivity contribution is 6.00. The molecule has 3 N–H and O–H groups in total. The predicted molar refractivity (Wildman–Crippen MR) is 111 cm³/mol. The standard InChI is InChI=1S/C22H25F5N2O6/c1-5-33-22(31)13-11(8-35-10(3)34-7-6-28)29-9(2)12(21(30)32-4)14(13)15-16(23)18(25)20(27)19(26)17(15)24/h10,14,29H,5-8,28H2,1-4H3. The average Bonchev–Trinajstić information content (AvgIpc) is 2.83. The zero-order valence-electron chi connectivity index (χ0n) is 19.4. The third-order valence-electron chi connectivity index (χ3n) is 5.01. The topological polar surface area (TPSA) is 109 Å². The van der Waals surface area contributed by atoms with Crippen LogP contribution in [0.1, 0.15) is 32.3 Å².